The average Bonchev–Trinajstić information content (AvgIpc) is 3.45. The Hall–Kier alpha value is -3.13. The molecule has 224 valence electrons. The van der Waals surface area contributed by atoms with Crippen molar-refractivity contribution in [1.82, 2.24) is 9.80 Å². The Morgan fingerprint density at radius 3 is 2.29 bits per heavy atom. The van der Waals surface area contributed by atoms with Crippen LogP contribution in [0.15, 0.2) is 35.9 Å². The summed E-state index contributed by atoms with van der Waals surface area (Å²) < 4.78 is 44.4. The molecular formula is C33H44F2N2O4. The maximum atomic E-state index is 14.4. The lowest BCUT2D eigenvalue weighted by Gasteiger charge is -2.39. The molecule has 4 rings (SSSR count). The van der Waals surface area contributed by atoms with Gasteiger partial charge in [0, 0.05) is 42.4 Å². The summed E-state index contributed by atoms with van der Waals surface area (Å²) in [4.78, 5) is 18.6. The second kappa shape index (κ2) is 14.2. The van der Waals surface area contributed by atoms with Gasteiger partial charge in [-0.2, -0.15) is 0 Å². The number of carbonyl (C=O) groups excluding carboxylic acids is 1. The third-order valence-corrected chi connectivity index (χ3v) is 8.71. The van der Waals surface area contributed by atoms with Gasteiger partial charge in [0.05, 0.1) is 21.3 Å². The molecule has 41 heavy (non-hydrogen) atoms. The second-order valence-corrected chi connectivity index (χ2v) is 11.4. The first kappa shape index (κ1) is 30.8. The van der Waals surface area contributed by atoms with Crippen LogP contribution in [0.5, 0.6) is 17.2 Å². The van der Waals surface area contributed by atoms with E-state index in [1.165, 1.54) is 65.6 Å². The van der Waals surface area contributed by atoms with E-state index in [0.29, 0.717) is 47.9 Å². The van der Waals surface area contributed by atoms with Crippen molar-refractivity contribution >= 4 is 12.0 Å². The van der Waals surface area contributed by atoms with Gasteiger partial charge in [-0.25, -0.2) is 8.78 Å². The molecule has 1 unspecified atom stereocenters. The topological polar surface area (TPSA) is 51.2 Å². The largest absolute Gasteiger partial charge is 0.493 e. The van der Waals surface area contributed by atoms with E-state index in [1.807, 2.05) is 11.8 Å². The van der Waals surface area contributed by atoms with Crippen LogP contribution in [0.3, 0.4) is 0 Å². The molecule has 2 aromatic carbocycles. The Morgan fingerprint density at radius 1 is 1.00 bits per heavy atom. The zero-order valence-electron chi connectivity index (χ0n) is 25.1. The fraction of sp³-hybridized carbons (Fsp3) is 0.545. The number of benzene rings is 2. The third-order valence-electron chi connectivity index (χ3n) is 8.71. The summed E-state index contributed by atoms with van der Waals surface area (Å²) in [6.45, 7) is 6.10. The molecule has 1 heterocycles. The van der Waals surface area contributed by atoms with Crippen molar-refractivity contribution in [3.05, 3.63) is 58.7 Å². The van der Waals surface area contributed by atoms with Crippen molar-refractivity contribution in [1.29, 1.82) is 0 Å². The molecule has 0 spiro atoms. The van der Waals surface area contributed by atoms with Gasteiger partial charge in [-0.1, -0.05) is 30.9 Å². The molecule has 0 bridgehead atoms. The highest BCUT2D eigenvalue weighted by molar-refractivity contribution is 5.96. The molecule has 1 aliphatic heterocycles. The first-order chi connectivity index (χ1) is 19.7. The van der Waals surface area contributed by atoms with Crippen molar-refractivity contribution in [3.8, 4) is 17.2 Å². The number of rotatable bonds is 11. The molecule has 0 N–H and O–H groups in total. The van der Waals surface area contributed by atoms with E-state index in [2.05, 4.69) is 11.8 Å². The Morgan fingerprint density at radius 2 is 1.68 bits per heavy atom. The molecule has 2 atom stereocenters. The van der Waals surface area contributed by atoms with Crippen LogP contribution in [0.25, 0.3) is 6.08 Å². The fourth-order valence-corrected chi connectivity index (χ4v) is 6.57. The SMILES string of the molecule is COc1cc(C(=O)N(CC(C)=Cc2ccc(F)cc2F)C[C@@H]2CCCN2C(C)C2CCCCC2)cc(OC)c1OC. The molecular weight excluding hydrogens is 526 g/mol. The van der Waals surface area contributed by atoms with Crippen LogP contribution in [0, 0.1) is 17.6 Å². The maximum absolute atomic E-state index is 14.4. The number of ether oxygens (including phenoxy) is 3. The zero-order valence-corrected chi connectivity index (χ0v) is 25.1. The normalized spacial score (nSPS) is 19.2. The fourth-order valence-electron chi connectivity index (χ4n) is 6.57. The number of hydrogen-bond acceptors (Lipinski definition) is 5. The van der Waals surface area contributed by atoms with Crippen LogP contribution in [0.1, 0.15) is 74.7 Å². The molecule has 1 amide bonds. The van der Waals surface area contributed by atoms with Crippen LogP contribution in [-0.2, 0) is 0 Å². The van der Waals surface area contributed by atoms with Gasteiger partial charge in [0.2, 0.25) is 5.75 Å². The van der Waals surface area contributed by atoms with Gasteiger partial charge in [0.25, 0.3) is 5.91 Å². The molecule has 2 aromatic rings. The van der Waals surface area contributed by atoms with Crippen LogP contribution in [0.4, 0.5) is 8.78 Å². The van der Waals surface area contributed by atoms with Crippen molar-refractivity contribution in [2.75, 3.05) is 41.0 Å². The lowest BCUT2D eigenvalue weighted by Crippen LogP contribution is -2.48. The standard InChI is InChI=1S/C33H44F2N2O4/c1-22(16-25-13-14-27(34)19-29(25)35)20-36(33(38)26-17-30(39-3)32(41-5)31(18-26)40-4)21-28-12-9-15-37(28)23(2)24-10-7-6-8-11-24/h13-14,16-19,23-24,28H,6-12,15,20-21H2,1-5H3/t23?,28-/m0/s1. The number of carbonyl (C=O) groups is 1. The van der Waals surface area contributed by atoms with E-state index in [0.717, 1.165) is 31.0 Å². The summed E-state index contributed by atoms with van der Waals surface area (Å²) in [6, 6.07) is 7.58. The minimum atomic E-state index is -0.630. The van der Waals surface area contributed by atoms with Gasteiger partial charge in [0.1, 0.15) is 11.6 Å². The van der Waals surface area contributed by atoms with Crippen LogP contribution < -0.4 is 14.2 Å². The van der Waals surface area contributed by atoms with E-state index < -0.39 is 11.6 Å². The van der Waals surface area contributed by atoms with Gasteiger partial charge >= 0.3 is 0 Å². The molecule has 6 nitrogen and oxygen atoms in total. The minimum absolute atomic E-state index is 0.172. The number of nitrogens with zero attached hydrogens (tertiary/aromatic N) is 2. The predicted octanol–water partition coefficient (Wildman–Crippen LogP) is 6.97. The Kier molecular flexibility index (Phi) is 10.6. The highest BCUT2D eigenvalue weighted by atomic mass is 19.1. The minimum Gasteiger partial charge on any atom is -0.493 e. The Bertz CT molecular complexity index is 1200. The molecule has 1 saturated carbocycles. The summed E-state index contributed by atoms with van der Waals surface area (Å²) in [5.41, 5.74) is 1.50. The highest BCUT2D eigenvalue weighted by Gasteiger charge is 2.35. The van der Waals surface area contributed by atoms with Crippen molar-refractivity contribution in [3.63, 3.8) is 0 Å². The summed E-state index contributed by atoms with van der Waals surface area (Å²) in [6.07, 6.45) is 10.2. The summed E-state index contributed by atoms with van der Waals surface area (Å²) >= 11 is 0. The first-order valence-electron chi connectivity index (χ1n) is 14.7. The highest BCUT2D eigenvalue weighted by Crippen LogP contribution is 2.39. The maximum Gasteiger partial charge on any atom is 0.254 e. The van der Waals surface area contributed by atoms with Crippen LogP contribution in [0.2, 0.25) is 0 Å². The molecule has 1 saturated heterocycles. The van der Waals surface area contributed by atoms with E-state index in [1.54, 1.807) is 18.2 Å². The molecule has 1 aliphatic carbocycles. The molecule has 2 aliphatic rings. The number of likely N-dealkylation sites (tertiary alicyclic amines) is 1. The van der Waals surface area contributed by atoms with Crippen LogP contribution >= 0.6 is 0 Å². The lowest BCUT2D eigenvalue weighted by atomic mass is 9.83. The molecule has 2 fully saturated rings. The van der Waals surface area contributed by atoms with Crippen molar-refractivity contribution in [2.24, 2.45) is 5.92 Å². The average molecular weight is 571 g/mol. The smallest absolute Gasteiger partial charge is 0.254 e. The predicted molar refractivity (Wildman–Crippen MR) is 158 cm³/mol. The van der Waals surface area contributed by atoms with Gasteiger partial charge in [-0.05, 0) is 76.3 Å². The summed E-state index contributed by atoms with van der Waals surface area (Å²) in [5, 5.41) is 0. The van der Waals surface area contributed by atoms with Gasteiger partial charge < -0.3 is 19.1 Å². The summed E-state index contributed by atoms with van der Waals surface area (Å²) in [5.74, 6) is 0.498. The van der Waals surface area contributed by atoms with Gasteiger partial charge in [-0.3, -0.25) is 9.69 Å². The Balaban J connectivity index is 1.64. The van der Waals surface area contributed by atoms with Gasteiger partial charge in [0.15, 0.2) is 11.5 Å². The number of amides is 1. The van der Waals surface area contributed by atoms with Crippen molar-refractivity contribution in [2.45, 2.75) is 70.9 Å². The van der Waals surface area contributed by atoms with E-state index >= 15 is 0 Å². The van der Waals surface area contributed by atoms with E-state index in [9.17, 15) is 13.6 Å². The zero-order chi connectivity index (χ0) is 29.5. The third kappa shape index (κ3) is 7.39. The van der Waals surface area contributed by atoms with E-state index in [4.69, 9.17) is 14.2 Å². The summed E-state index contributed by atoms with van der Waals surface area (Å²) in [7, 11) is 4.58. The quantitative estimate of drug-likeness (QED) is 0.292. The lowest BCUT2D eigenvalue weighted by molar-refractivity contribution is 0.0645. The number of methoxy groups -OCH3 is 3. The van der Waals surface area contributed by atoms with Crippen LogP contribution in [-0.4, -0.2) is 68.8 Å². The molecule has 8 heteroatoms. The molecule has 0 aromatic heterocycles. The molecule has 0 radical (unpaired) electrons. The second-order valence-electron chi connectivity index (χ2n) is 11.4. The van der Waals surface area contributed by atoms with E-state index in [-0.39, 0.29) is 17.5 Å². The monoisotopic (exact) mass is 570 g/mol. The first-order valence-corrected chi connectivity index (χ1v) is 14.7. The number of halogens is 2. The Labute approximate surface area is 243 Å². The number of hydrogen-bond donors (Lipinski definition) is 0. The van der Waals surface area contributed by atoms with Crippen molar-refractivity contribution < 1.29 is 27.8 Å². The van der Waals surface area contributed by atoms with Gasteiger partial charge in [-0.15, -0.1) is 0 Å².